The molecule has 0 radical (unpaired) electrons. The monoisotopic (exact) mass is 272 g/mol. The molecule has 0 fully saturated rings. The third-order valence-corrected chi connectivity index (χ3v) is 3.82. The molecule has 7 heteroatoms. The van der Waals surface area contributed by atoms with Gasteiger partial charge in [0.15, 0.2) is 5.71 Å². The highest BCUT2D eigenvalue weighted by atomic mass is 32.2. The Bertz CT molecular complexity index is 512. The van der Waals surface area contributed by atoms with Crippen LogP contribution < -0.4 is 0 Å². The molecule has 1 rings (SSSR count). The van der Waals surface area contributed by atoms with Gasteiger partial charge >= 0.3 is 10.1 Å². The van der Waals surface area contributed by atoms with E-state index in [1.807, 2.05) is 6.92 Å². The Balaban J connectivity index is 2.73. The quantitative estimate of drug-likeness (QED) is 0.587. The van der Waals surface area contributed by atoms with Gasteiger partial charge in [-0.1, -0.05) is 24.6 Å². The number of rotatable bonds is 6. The SMILES string of the molecule is CCCCS(=O)(=O)O/N=C(/C#N)c1cccs1. The summed E-state index contributed by atoms with van der Waals surface area (Å²) in [5.74, 6) is -0.0872. The molecule has 0 N–H and O–H groups in total. The van der Waals surface area contributed by atoms with E-state index in [1.54, 1.807) is 23.6 Å². The van der Waals surface area contributed by atoms with Crippen LogP contribution >= 0.6 is 11.3 Å². The summed E-state index contributed by atoms with van der Waals surface area (Å²) < 4.78 is 27.1. The Kier molecular flexibility index (Phi) is 5.12. The van der Waals surface area contributed by atoms with Crippen molar-refractivity contribution in [2.45, 2.75) is 19.8 Å². The summed E-state index contributed by atoms with van der Waals surface area (Å²) in [7, 11) is -3.67. The highest BCUT2D eigenvalue weighted by Gasteiger charge is 2.12. The van der Waals surface area contributed by atoms with Gasteiger partial charge in [0.2, 0.25) is 0 Å². The lowest BCUT2D eigenvalue weighted by atomic mass is 10.3. The van der Waals surface area contributed by atoms with Crippen LogP contribution in [0.15, 0.2) is 22.7 Å². The zero-order chi connectivity index (χ0) is 12.7. The first-order valence-corrected chi connectivity index (χ1v) is 7.48. The van der Waals surface area contributed by atoms with Crippen LogP contribution in [0.4, 0.5) is 0 Å². The minimum absolute atomic E-state index is 0.0277. The van der Waals surface area contributed by atoms with Crippen LogP contribution in [-0.4, -0.2) is 19.9 Å². The number of thiophene rings is 1. The minimum atomic E-state index is -3.67. The van der Waals surface area contributed by atoms with Crippen molar-refractivity contribution in [2.24, 2.45) is 5.16 Å². The Labute approximate surface area is 104 Å². The molecule has 0 aliphatic rings. The Morgan fingerprint density at radius 1 is 1.65 bits per heavy atom. The van der Waals surface area contributed by atoms with E-state index in [0.29, 0.717) is 11.3 Å². The summed E-state index contributed by atoms with van der Waals surface area (Å²) in [6, 6.07) is 5.23. The van der Waals surface area contributed by atoms with Gasteiger partial charge in [-0.25, -0.2) is 0 Å². The van der Waals surface area contributed by atoms with Crippen LogP contribution in [0.3, 0.4) is 0 Å². The van der Waals surface area contributed by atoms with Gasteiger partial charge in [-0.15, -0.1) is 11.3 Å². The molecular weight excluding hydrogens is 260 g/mol. The number of unbranched alkanes of at least 4 members (excludes halogenated alkanes) is 1. The molecule has 0 atom stereocenters. The number of nitriles is 1. The van der Waals surface area contributed by atoms with Crippen molar-refractivity contribution in [2.75, 3.05) is 5.75 Å². The molecular formula is C10H12N2O3S2. The summed E-state index contributed by atoms with van der Waals surface area (Å²) in [5.41, 5.74) is -0.0277. The zero-order valence-corrected chi connectivity index (χ0v) is 10.9. The maximum absolute atomic E-state index is 11.3. The number of hydrogen-bond donors (Lipinski definition) is 0. The highest BCUT2D eigenvalue weighted by molar-refractivity contribution is 7.86. The van der Waals surface area contributed by atoms with E-state index in [1.165, 1.54) is 11.3 Å². The molecule has 0 aliphatic heterocycles. The van der Waals surface area contributed by atoms with Crippen LogP contribution in [0.2, 0.25) is 0 Å². The fourth-order valence-corrected chi connectivity index (χ4v) is 2.55. The molecule has 1 heterocycles. The maximum atomic E-state index is 11.3. The van der Waals surface area contributed by atoms with E-state index < -0.39 is 10.1 Å². The summed E-state index contributed by atoms with van der Waals surface area (Å²) >= 11 is 1.30. The van der Waals surface area contributed by atoms with Gasteiger partial charge in [-0.05, 0) is 17.9 Å². The van der Waals surface area contributed by atoms with Crippen molar-refractivity contribution in [3.8, 4) is 6.07 Å². The van der Waals surface area contributed by atoms with Crippen LogP contribution in [0, 0.1) is 11.3 Å². The van der Waals surface area contributed by atoms with E-state index in [9.17, 15) is 8.42 Å². The Morgan fingerprint density at radius 2 is 2.41 bits per heavy atom. The lowest BCUT2D eigenvalue weighted by Gasteiger charge is -1.99. The van der Waals surface area contributed by atoms with E-state index in [-0.39, 0.29) is 11.5 Å². The molecule has 1 aromatic rings. The average Bonchev–Trinajstić information content (AvgIpc) is 2.81. The van der Waals surface area contributed by atoms with E-state index in [0.717, 1.165) is 6.42 Å². The van der Waals surface area contributed by atoms with Crippen molar-refractivity contribution in [1.29, 1.82) is 5.26 Å². The van der Waals surface area contributed by atoms with E-state index >= 15 is 0 Å². The molecule has 0 aliphatic carbocycles. The second-order valence-electron chi connectivity index (χ2n) is 3.22. The molecule has 0 unspecified atom stereocenters. The molecule has 1 aromatic heterocycles. The molecule has 0 saturated carbocycles. The molecule has 0 aromatic carbocycles. The molecule has 0 bridgehead atoms. The minimum Gasteiger partial charge on any atom is -0.267 e. The normalized spacial score (nSPS) is 12.1. The second kappa shape index (κ2) is 6.37. The molecule has 92 valence electrons. The molecule has 0 saturated heterocycles. The van der Waals surface area contributed by atoms with Crippen LogP contribution in [-0.2, 0) is 14.4 Å². The van der Waals surface area contributed by atoms with Gasteiger partial charge in [0.25, 0.3) is 0 Å². The third kappa shape index (κ3) is 4.54. The number of oxime groups is 1. The van der Waals surface area contributed by atoms with Crippen LogP contribution in [0.25, 0.3) is 0 Å². The fraction of sp³-hybridized carbons (Fsp3) is 0.400. The maximum Gasteiger partial charge on any atom is 0.328 e. The third-order valence-electron chi connectivity index (χ3n) is 1.85. The standard InChI is InChI=1S/C10H12N2O3S2/c1-2-3-7-17(13,14)15-12-9(8-11)10-5-4-6-16-10/h4-6H,2-3,7H2,1H3/b12-9-. The number of hydrogen-bond acceptors (Lipinski definition) is 6. The molecule has 0 spiro atoms. The fourth-order valence-electron chi connectivity index (χ4n) is 0.986. The van der Waals surface area contributed by atoms with Gasteiger partial charge in [-0.2, -0.15) is 13.7 Å². The van der Waals surface area contributed by atoms with Gasteiger partial charge in [0.05, 0.1) is 10.6 Å². The lowest BCUT2D eigenvalue weighted by molar-refractivity contribution is 0.339. The molecule has 0 amide bonds. The average molecular weight is 272 g/mol. The largest absolute Gasteiger partial charge is 0.328 e. The van der Waals surface area contributed by atoms with Gasteiger partial charge in [0.1, 0.15) is 6.07 Å². The van der Waals surface area contributed by atoms with Crippen molar-refractivity contribution < 1.29 is 12.7 Å². The predicted octanol–water partition coefficient (Wildman–Crippen LogP) is 2.12. The van der Waals surface area contributed by atoms with Crippen molar-refractivity contribution in [1.82, 2.24) is 0 Å². The first kappa shape index (κ1) is 13.7. The lowest BCUT2D eigenvalue weighted by Crippen LogP contribution is -2.08. The van der Waals surface area contributed by atoms with Crippen molar-refractivity contribution in [3.05, 3.63) is 22.4 Å². The summed E-state index contributed by atoms with van der Waals surface area (Å²) in [5, 5.41) is 14.0. The van der Waals surface area contributed by atoms with E-state index in [4.69, 9.17) is 5.26 Å². The zero-order valence-electron chi connectivity index (χ0n) is 9.29. The highest BCUT2D eigenvalue weighted by Crippen LogP contribution is 2.11. The number of nitrogens with zero attached hydrogens (tertiary/aromatic N) is 2. The van der Waals surface area contributed by atoms with Crippen molar-refractivity contribution in [3.63, 3.8) is 0 Å². The van der Waals surface area contributed by atoms with Gasteiger partial charge in [-0.3, -0.25) is 4.28 Å². The van der Waals surface area contributed by atoms with Crippen LogP contribution in [0.5, 0.6) is 0 Å². The Hall–Kier alpha value is -1.39. The first-order valence-electron chi connectivity index (χ1n) is 5.02. The smallest absolute Gasteiger partial charge is 0.267 e. The second-order valence-corrected chi connectivity index (χ2v) is 5.84. The van der Waals surface area contributed by atoms with Gasteiger partial charge < -0.3 is 0 Å². The summed E-state index contributed by atoms with van der Waals surface area (Å²) in [6.45, 7) is 1.88. The summed E-state index contributed by atoms with van der Waals surface area (Å²) in [4.78, 5) is 0.582. The first-order chi connectivity index (χ1) is 8.09. The molecule has 5 nitrogen and oxygen atoms in total. The van der Waals surface area contributed by atoms with Crippen LogP contribution in [0.1, 0.15) is 24.6 Å². The van der Waals surface area contributed by atoms with Crippen molar-refractivity contribution >= 4 is 27.2 Å². The molecule has 17 heavy (non-hydrogen) atoms. The van der Waals surface area contributed by atoms with Gasteiger partial charge in [0, 0.05) is 0 Å². The summed E-state index contributed by atoms with van der Waals surface area (Å²) in [6.07, 6.45) is 1.26. The topological polar surface area (TPSA) is 79.5 Å². The predicted molar refractivity (Wildman–Crippen MR) is 66.2 cm³/mol. The Morgan fingerprint density at radius 3 is 2.94 bits per heavy atom. The van der Waals surface area contributed by atoms with E-state index in [2.05, 4.69) is 9.44 Å².